The number of H-pyrrole nitrogens is 1. The van der Waals surface area contributed by atoms with Crippen molar-refractivity contribution in [1.29, 1.82) is 0 Å². The Morgan fingerprint density at radius 3 is 2.59 bits per heavy atom. The van der Waals surface area contributed by atoms with Crippen LogP contribution in [0.4, 0.5) is 18.9 Å². The summed E-state index contributed by atoms with van der Waals surface area (Å²) in [6.07, 6.45) is -2.20. The number of hydrogen-bond acceptors (Lipinski definition) is 3. The van der Waals surface area contributed by atoms with Gasteiger partial charge in [0.05, 0.1) is 23.4 Å². The molecule has 3 aromatic rings. The third-order valence-corrected chi connectivity index (χ3v) is 4.00. The highest BCUT2D eigenvalue weighted by Gasteiger charge is 2.30. The summed E-state index contributed by atoms with van der Waals surface area (Å²) in [6, 6.07) is 6.48. The van der Waals surface area contributed by atoms with E-state index < -0.39 is 11.7 Å². The van der Waals surface area contributed by atoms with Gasteiger partial charge in [-0.1, -0.05) is 0 Å². The van der Waals surface area contributed by atoms with Gasteiger partial charge in [0.15, 0.2) is 0 Å². The molecule has 2 N–H and O–H groups in total. The summed E-state index contributed by atoms with van der Waals surface area (Å²) >= 11 is 0. The summed E-state index contributed by atoms with van der Waals surface area (Å²) in [5.74, 6) is 0.174. The highest BCUT2D eigenvalue weighted by molar-refractivity contribution is 5.99. The van der Waals surface area contributed by atoms with E-state index in [2.05, 4.69) is 15.3 Å². The Morgan fingerprint density at radius 1 is 1.26 bits per heavy atom. The Balaban J connectivity index is 1.69. The van der Waals surface area contributed by atoms with Crippen LogP contribution >= 0.6 is 0 Å². The molecule has 0 spiro atoms. The number of nitrogens with zero attached hydrogens (tertiary/aromatic N) is 1. The van der Waals surface area contributed by atoms with Gasteiger partial charge in [-0.2, -0.15) is 13.2 Å². The SMILES string of the molecule is CC(=O)Nc1c[nH]c2c(C)cc(CCOc3ccc(C(F)(F)F)cc3)nc12. The van der Waals surface area contributed by atoms with Crippen molar-refractivity contribution in [3.8, 4) is 5.75 Å². The number of hydrogen-bond donors (Lipinski definition) is 2. The number of aryl methyl sites for hydroxylation is 1. The number of nitrogens with one attached hydrogen (secondary N) is 2. The van der Waals surface area contributed by atoms with Crippen LogP contribution in [-0.4, -0.2) is 22.5 Å². The molecule has 0 atom stereocenters. The van der Waals surface area contributed by atoms with Crippen LogP contribution in [0.2, 0.25) is 0 Å². The lowest BCUT2D eigenvalue weighted by molar-refractivity contribution is -0.137. The van der Waals surface area contributed by atoms with Gasteiger partial charge >= 0.3 is 6.18 Å². The molecule has 3 rings (SSSR count). The number of amides is 1. The zero-order valence-corrected chi connectivity index (χ0v) is 14.8. The van der Waals surface area contributed by atoms with Gasteiger partial charge in [0.2, 0.25) is 5.91 Å². The normalized spacial score (nSPS) is 11.6. The van der Waals surface area contributed by atoms with E-state index in [1.54, 1.807) is 6.20 Å². The first-order valence-corrected chi connectivity index (χ1v) is 8.29. The molecule has 2 heterocycles. The van der Waals surface area contributed by atoms with Gasteiger partial charge in [0, 0.05) is 25.2 Å². The van der Waals surface area contributed by atoms with Crippen molar-refractivity contribution in [2.75, 3.05) is 11.9 Å². The number of benzene rings is 1. The number of aromatic nitrogens is 2. The maximum atomic E-state index is 12.6. The first-order valence-electron chi connectivity index (χ1n) is 8.29. The Hall–Kier alpha value is -3.03. The lowest BCUT2D eigenvalue weighted by atomic mass is 10.1. The second kappa shape index (κ2) is 7.30. The van der Waals surface area contributed by atoms with Gasteiger partial charge < -0.3 is 15.0 Å². The quantitative estimate of drug-likeness (QED) is 0.689. The number of carbonyl (C=O) groups excluding carboxylic acids is 1. The molecule has 1 amide bonds. The molecule has 0 aliphatic heterocycles. The highest BCUT2D eigenvalue weighted by atomic mass is 19.4. The Bertz CT molecular complexity index is 963. The largest absolute Gasteiger partial charge is 0.493 e. The van der Waals surface area contributed by atoms with Gasteiger partial charge in [-0.05, 0) is 42.8 Å². The van der Waals surface area contributed by atoms with E-state index in [-0.39, 0.29) is 12.5 Å². The van der Waals surface area contributed by atoms with Gasteiger partial charge in [0.25, 0.3) is 0 Å². The zero-order valence-electron chi connectivity index (χ0n) is 14.8. The summed E-state index contributed by atoms with van der Waals surface area (Å²) in [4.78, 5) is 18.9. The van der Waals surface area contributed by atoms with Crippen LogP contribution in [-0.2, 0) is 17.4 Å². The monoisotopic (exact) mass is 377 g/mol. The molecule has 8 heteroatoms. The average Bonchev–Trinajstić information content (AvgIpc) is 2.97. The van der Waals surface area contributed by atoms with Crippen molar-refractivity contribution in [2.24, 2.45) is 0 Å². The fraction of sp³-hybridized carbons (Fsp3) is 0.263. The second-order valence-corrected chi connectivity index (χ2v) is 6.16. The van der Waals surface area contributed by atoms with Gasteiger partial charge in [0.1, 0.15) is 11.3 Å². The maximum Gasteiger partial charge on any atom is 0.416 e. The number of rotatable bonds is 5. The second-order valence-electron chi connectivity index (χ2n) is 6.16. The van der Waals surface area contributed by atoms with Crippen molar-refractivity contribution < 1.29 is 22.7 Å². The van der Waals surface area contributed by atoms with E-state index in [0.717, 1.165) is 28.9 Å². The molecule has 0 fully saturated rings. The van der Waals surface area contributed by atoms with Crippen molar-refractivity contribution in [3.05, 3.63) is 53.3 Å². The summed E-state index contributed by atoms with van der Waals surface area (Å²) < 4.78 is 43.2. The molecule has 2 aromatic heterocycles. The fourth-order valence-electron chi connectivity index (χ4n) is 2.76. The van der Waals surface area contributed by atoms with Crippen LogP contribution in [0, 0.1) is 6.92 Å². The number of carbonyl (C=O) groups is 1. The number of alkyl halides is 3. The van der Waals surface area contributed by atoms with Crippen LogP contribution in [0.5, 0.6) is 5.75 Å². The lowest BCUT2D eigenvalue weighted by Gasteiger charge is -2.10. The van der Waals surface area contributed by atoms with E-state index >= 15 is 0 Å². The average molecular weight is 377 g/mol. The summed E-state index contributed by atoms with van der Waals surface area (Å²) in [6.45, 7) is 3.62. The molecule has 0 unspecified atom stereocenters. The van der Waals surface area contributed by atoms with Gasteiger partial charge in [-0.3, -0.25) is 4.79 Å². The minimum absolute atomic E-state index is 0.189. The minimum Gasteiger partial charge on any atom is -0.493 e. The van der Waals surface area contributed by atoms with E-state index in [0.29, 0.717) is 23.4 Å². The van der Waals surface area contributed by atoms with E-state index in [1.165, 1.54) is 19.1 Å². The predicted molar refractivity (Wildman–Crippen MR) is 95.8 cm³/mol. The summed E-state index contributed by atoms with van der Waals surface area (Å²) in [5.41, 5.74) is 3.13. The Kier molecular flexibility index (Phi) is 5.07. The molecule has 0 aliphatic carbocycles. The highest BCUT2D eigenvalue weighted by Crippen LogP contribution is 2.30. The van der Waals surface area contributed by atoms with Crippen molar-refractivity contribution in [2.45, 2.75) is 26.4 Å². The molecule has 142 valence electrons. The first-order chi connectivity index (χ1) is 12.7. The van der Waals surface area contributed by atoms with Crippen molar-refractivity contribution in [3.63, 3.8) is 0 Å². The third kappa shape index (κ3) is 4.39. The molecule has 0 radical (unpaired) electrons. The number of ether oxygens (including phenoxy) is 1. The van der Waals surface area contributed by atoms with Crippen molar-refractivity contribution >= 4 is 22.6 Å². The molecular formula is C19H18F3N3O2. The maximum absolute atomic E-state index is 12.6. The van der Waals surface area contributed by atoms with Crippen LogP contribution in [0.3, 0.4) is 0 Å². The third-order valence-electron chi connectivity index (χ3n) is 4.00. The van der Waals surface area contributed by atoms with E-state index in [4.69, 9.17) is 4.74 Å². The topological polar surface area (TPSA) is 67.0 Å². The molecule has 0 saturated heterocycles. The zero-order chi connectivity index (χ0) is 19.6. The Labute approximate surface area is 153 Å². The number of aromatic amines is 1. The molecule has 27 heavy (non-hydrogen) atoms. The Morgan fingerprint density at radius 2 is 1.96 bits per heavy atom. The number of pyridine rings is 1. The first kappa shape index (κ1) is 18.8. The standard InChI is InChI=1S/C19H18F3N3O2/c1-11-9-14(25-18-16(24-12(2)26)10-23-17(11)18)7-8-27-15-5-3-13(4-6-15)19(20,21)22/h3-6,9-10,23H,7-8H2,1-2H3,(H,24,26). The van der Waals surface area contributed by atoms with E-state index in [9.17, 15) is 18.0 Å². The smallest absolute Gasteiger partial charge is 0.416 e. The number of fused-ring (bicyclic) bond motifs is 1. The van der Waals surface area contributed by atoms with Crippen LogP contribution in [0.15, 0.2) is 36.5 Å². The van der Waals surface area contributed by atoms with Crippen LogP contribution in [0.25, 0.3) is 11.0 Å². The summed E-state index contributed by atoms with van der Waals surface area (Å²) in [5, 5.41) is 2.73. The molecular weight excluding hydrogens is 359 g/mol. The summed E-state index contributed by atoms with van der Waals surface area (Å²) in [7, 11) is 0. The molecule has 1 aromatic carbocycles. The molecule has 0 bridgehead atoms. The molecule has 0 aliphatic rings. The molecule has 0 saturated carbocycles. The van der Waals surface area contributed by atoms with Crippen LogP contribution < -0.4 is 10.1 Å². The van der Waals surface area contributed by atoms with Gasteiger partial charge in [-0.25, -0.2) is 4.98 Å². The predicted octanol–water partition coefficient (Wildman–Crippen LogP) is 4.47. The number of halogens is 3. The number of anilines is 1. The lowest BCUT2D eigenvalue weighted by Crippen LogP contribution is -2.07. The fourth-order valence-corrected chi connectivity index (χ4v) is 2.76. The minimum atomic E-state index is -4.36. The molecule has 5 nitrogen and oxygen atoms in total. The van der Waals surface area contributed by atoms with Gasteiger partial charge in [-0.15, -0.1) is 0 Å². The van der Waals surface area contributed by atoms with Crippen molar-refractivity contribution in [1.82, 2.24) is 9.97 Å². The van der Waals surface area contributed by atoms with E-state index in [1.807, 2.05) is 13.0 Å². The van der Waals surface area contributed by atoms with Crippen LogP contribution in [0.1, 0.15) is 23.7 Å².